The van der Waals surface area contributed by atoms with Gasteiger partial charge in [-0.1, -0.05) is 0 Å². The van der Waals surface area contributed by atoms with Crippen molar-refractivity contribution < 1.29 is 4.74 Å². The van der Waals surface area contributed by atoms with Crippen molar-refractivity contribution in [3.8, 4) is 0 Å². The summed E-state index contributed by atoms with van der Waals surface area (Å²) < 4.78 is 5.31. The molecule has 6 nitrogen and oxygen atoms in total. The largest absolute Gasteiger partial charge is 0.384 e. The molecule has 0 aliphatic carbocycles. The fraction of sp³-hybridized carbons (Fsp3) is 0.692. The number of nitrogens with two attached hydrogens (primary N) is 1. The van der Waals surface area contributed by atoms with E-state index < -0.39 is 0 Å². The molecule has 19 heavy (non-hydrogen) atoms. The van der Waals surface area contributed by atoms with E-state index in [-0.39, 0.29) is 0 Å². The summed E-state index contributed by atoms with van der Waals surface area (Å²) >= 11 is 0. The van der Waals surface area contributed by atoms with Crippen LogP contribution in [0.4, 0.5) is 11.6 Å². The first-order valence-corrected chi connectivity index (χ1v) is 6.81. The van der Waals surface area contributed by atoms with Crippen molar-refractivity contribution in [1.29, 1.82) is 0 Å². The van der Waals surface area contributed by atoms with Crippen LogP contribution >= 0.6 is 0 Å². The Morgan fingerprint density at radius 2 is 2.37 bits per heavy atom. The Morgan fingerprint density at radius 1 is 1.53 bits per heavy atom. The van der Waals surface area contributed by atoms with Crippen LogP contribution < -0.4 is 11.1 Å². The zero-order chi connectivity index (χ0) is 13.7. The molecule has 0 saturated carbocycles. The number of ether oxygens (including phenoxy) is 1. The number of hydrogen-bond donors (Lipinski definition) is 2. The molecule has 1 aromatic rings. The van der Waals surface area contributed by atoms with E-state index in [0.29, 0.717) is 30.8 Å². The maximum atomic E-state index is 5.78. The zero-order valence-electron chi connectivity index (χ0n) is 11.7. The van der Waals surface area contributed by atoms with E-state index in [0.717, 1.165) is 18.9 Å². The smallest absolute Gasteiger partial charge is 0.158 e. The van der Waals surface area contributed by atoms with E-state index >= 15 is 0 Å². The number of anilines is 2. The minimum absolute atomic E-state index is 0.405. The second-order valence-electron chi connectivity index (χ2n) is 5.03. The predicted octanol–water partition coefficient (Wildman–Crippen LogP) is 0.959. The Bertz CT molecular complexity index is 412. The van der Waals surface area contributed by atoms with E-state index in [9.17, 15) is 0 Å². The predicted molar refractivity (Wildman–Crippen MR) is 75.9 cm³/mol. The molecule has 0 spiro atoms. The highest BCUT2D eigenvalue weighted by Crippen LogP contribution is 2.16. The Morgan fingerprint density at radius 3 is 3.05 bits per heavy atom. The van der Waals surface area contributed by atoms with Crippen molar-refractivity contribution in [2.45, 2.75) is 20.0 Å². The molecule has 106 valence electrons. The maximum absolute atomic E-state index is 5.78. The van der Waals surface area contributed by atoms with Gasteiger partial charge in [-0.15, -0.1) is 0 Å². The lowest BCUT2D eigenvalue weighted by Gasteiger charge is -2.13. The Hall–Kier alpha value is -1.40. The van der Waals surface area contributed by atoms with E-state index in [4.69, 9.17) is 10.5 Å². The van der Waals surface area contributed by atoms with E-state index in [1.807, 2.05) is 6.92 Å². The monoisotopic (exact) mass is 265 g/mol. The Labute approximate surface area is 114 Å². The Kier molecular flexibility index (Phi) is 4.93. The summed E-state index contributed by atoms with van der Waals surface area (Å²) in [6.45, 7) is 6.24. The molecule has 0 aromatic carbocycles. The van der Waals surface area contributed by atoms with Gasteiger partial charge >= 0.3 is 0 Å². The van der Waals surface area contributed by atoms with Gasteiger partial charge in [-0.25, -0.2) is 9.97 Å². The number of nitrogen functional groups attached to an aromatic ring is 1. The van der Waals surface area contributed by atoms with Gasteiger partial charge < -0.3 is 20.7 Å². The van der Waals surface area contributed by atoms with Gasteiger partial charge in [0.05, 0.1) is 0 Å². The number of likely N-dealkylation sites (tertiary alicyclic amines) is 1. The molecule has 1 aliphatic heterocycles. The molecule has 0 bridgehead atoms. The topological polar surface area (TPSA) is 76.3 Å². The first-order valence-electron chi connectivity index (χ1n) is 6.81. The number of aromatic nitrogens is 2. The number of hydrogen-bond acceptors (Lipinski definition) is 6. The van der Waals surface area contributed by atoms with Crippen molar-refractivity contribution >= 4 is 11.6 Å². The van der Waals surface area contributed by atoms with Crippen molar-refractivity contribution in [2.24, 2.45) is 5.92 Å². The van der Waals surface area contributed by atoms with E-state index in [1.165, 1.54) is 13.0 Å². The quantitative estimate of drug-likeness (QED) is 0.798. The molecule has 1 aliphatic rings. The second-order valence-corrected chi connectivity index (χ2v) is 5.03. The molecule has 6 heteroatoms. The third-order valence-electron chi connectivity index (χ3n) is 3.29. The molecule has 2 heterocycles. The van der Waals surface area contributed by atoms with Crippen molar-refractivity contribution in [3.05, 3.63) is 11.9 Å². The van der Waals surface area contributed by atoms with Gasteiger partial charge in [0.15, 0.2) is 5.82 Å². The molecule has 3 N–H and O–H groups in total. The SMILES string of the molecule is CCOCc1nc(N)cc(NCC2CCN(C)C2)n1. The molecule has 1 fully saturated rings. The van der Waals surface area contributed by atoms with Crippen LogP contribution in [0.2, 0.25) is 0 Å². The summed E-state index contributed by atoms with van der Waals surface area (Å²) in [7, 11) is 2.16. The average Bonchev–Trinajstić information content (AvgIpc) is 2.79. The van der Waals surface area contributed by atoms with Crippen molar-refractivity contribution in [2.75, 3.05) is 44.3 Å². The van der Waals surface area contributed by atoms with Crippen LogP contribution in [0.5, 0.6) is 0 Å². The van der Waals surface area contributed by atoms with E-state index in [2.05, 4.69) is 27.2 Å². The molecule has 1 unspecified atom stereocenters. The summed E-state index contributed by atoms with van der Waals surface area (Å²) in [5, 5.41) is 3.35. The lowest BCUT2D eigenvalue weighted by molar-refractivity contribution is 0.128. The highest BCUT2D eigenvalue weighted by atomic mass is 16.5. The number of rotatable bonds is 6. The average molecular weight is 265 g/mol. The maximum Gasteiger partial charge on any atom is 0.158 e. The van der Waals surface area contributed by atoms with Gasteiger partial charge in [0, 0.05) is 25.8 Å². The molecule has 1 aromatic heterocycles. The van der Waals surface area contributed by atoms with Crippen LogP contribution in [-0.4, -0.2) is 48.2 Å². The van der Waals surface area contributed by atoms with Crippen LogP contribution in [0.15, 0.2) is 6.07 Å². The van der Waals surface area contributed by atoms with Crippen LogP contribution in [0.1, 0.15) is 19.2 Å². The van der Waals surface area contributed by atoms with Crippen molar-refractivity contribution in [3.63, 3.8) is 0 Å². The fourth-order valence-corrected chi connectivity index (χ4v) is 2.31. The summed E-state index contributed by atoms with van der Waals surface area (Å²) in [4.78, 5) is 10.9. The van der Waals surface area contributed by atoms with Crippen LogP contribution in [0.25, 0.3) is 0 Å². The normalized spacial score (nSPS) is 19.8. The molecular formula is C13H23N5O. The van der Waals surface area contributed by atoms with Gasteiger partial charge in [0.2, 0.25) is 0 Å². The standard InChI is InChI=1S/C13H23N5O/c1-3-19-9-13-16-11(14)6-12(17-13)15-7-10-4-5-18(2)8-10/h6,10H,3-5,7-9H2,1-2H3,(H3,14,15,16,17). The first-order chi connectivity index (χ1) is 9.17. The zero-order valence-corrected chi connectivity index (χ0v) is 11.7. The van der Waals surface area contributed by atoms with Gasteiger partial charge in [0.25, 0.3) is 0 Å². The van der Waals surface area contributed by atoms with Gasteiger partial charge in [-0.3, -0.25) is 0 Å². The summed E-state index contributed by atoms with van der Waals surface area (Å²) in [5.41, 5.74) is 5.78. The fourth-order valence-electron chi connectivity index (χ4n) is 2.31. The van der Waals surface area contributed by atoms with Gasteiger partial charge in [-0.05, 0) is 32.9 Å². The van der Waals surface area contributed by atoms with Crippen LogP contribution in [0, 0.1) is 5.92 Å². The van der Waals surface area contributed by atoms with Crippen LogP contribution in [0.3, 0.4) is 0 Å². The molecule has 1 saturated heterocycles. The Balaban J connectivity index is 1.90. The molecule has 2 rings (SSSR count). The lowest BCUT2D eigenvalue weighted by atomic mass is 10.1. The minimum atomic E-state index is 0.405. The molecular weight excluding hydrogens is 242 g/mol. The molecule has 0 amide bonds. The molecule has 1 atom stereocenters. The number of nitrogens with zero attached hydrogens (tertiary/aromatic N) is 3. The molecule has 0 radical (unpaired) electrons. The van der Waals surface area contributed by atoms with E-state index in [1.54, 1.807) is 6.07 Å². The van der Waals surface area contributed by atoms with Gasteiger partial charge in [0.1, 0.15) is 18.2 Å². The van der Waals surface area contributed by atoms with Gasteiger partial charge in [-0.2, -0.15) is 0 Å². The summed E-state index contributed by atoms with van der Waals surface area (Å²) in [5.74, 6) is 2.58. The minimum Gasteiger partial charge on any atom is -0.384 e. The van der Waals surface area contributed by atoms with Crippen LogP contribution in [-0.2, 0) is 11.3 Å². The first kappa shape index (κ1) is 14.0. The third kappa shape index (κ3) is 4.33. The lowest BCUT2D eigenvalue weighted by Crippen LogP contribution is -2.20. The third-order valence-corrected chi connectivity index (χ3v) is 3.29. The number of nitrogens with one attached hydrogen (secondary N) is 1. The summed E-state index contributed by atoms with van der Waals surface area (Å²) in [6.07, 6.45) is 1.23. The summed E-state index contributed by atoms with van der Waals surface area (Å²) in [6, 6.07) is 1.77. The highest BCUT2D eigenvalue weighted by molar-refractivity contribution is 5.44. The second kappa shape index (κ2) is 6.68. The highest BCUT2D eigenvalue weighted by Gasteiger charge is 2.19. The van der Waals surface area contributed by atoms with Crippen molar-refractivity contribution in [1.82, 2.24) is 14.9 Å².